The summed E-state index contributed by atoms with van der Waals surface area (Å²) in [5, 5.41) is 0.240. The van der Waals surface area contributed by atoms with Gasteiger partial charge in [0.1, 0.15) is 32.6 Å². The number of aromatic nitrogens is 2. The molecule has 4 aromatic carbocycles. The summed E-state index contributed by atoms with van der Waals surface area (Å²) >= 11 is 30.9. The number of ether oxygens (including phenoxy) is 2. The van der Waals surface area contributed by atoms with Crippen LogP contribution in [-0.2, 0) is 36.0 Å². The van der Waals surface area contributed by atoms with E-state index in [0.29, 0.717) is 5.56 Å². The molecule has 0 unspecified atom stereocenters. The van der Waals surface area contributed by atoms with Gasteiger partial charge >= 0.3 is 5.97 Å². The second-order valence-electron chi connectivity index (χ2n) is 9.61. The number of imidazole rings is 1. The Hall–Kier alpha value is -3.23. The van der Waals surface area contributed by atoms with Gasteiger partial charge in [-0.15, -0.1) is 0 Å². The van der Waals surface area contributed by atoms with Crippen molar-refractivity contribution in [1.29, 1.82) is 0 Å². The fraction of sp³-hybridized carbons (Fsp3) is 0.103. The highest BCUT2D eigenvalue weighted by Crippen LogP contribution is 2.41. The molecule has 0 bridgehead atoms. The smallest absolute Gasteiger partial charge is 0.309 e. The van der Waals surface area contributed by atoms with Gasteiger partial charge < -0.3 is 9.47 Å². The zero-order valence-corrected chi connectivity index (χ0v) is 28.9. The van der Waals surface area contributed by atoms with Crippen LogP contribution >= 0.6 is 58.0 Å². The predicted molar refractivity (Wildman–Crippen MR) is 178 cm³/mol. The Morgan fingerprint density at radius 3 is 2.00 bits per heavy atom. The number of carbonyl (C=O) groups excluding carboxylic acids is 1. The molecule has 0 radical (unpaired) electrons. The van der Waals surface area contributed by atoms with Crippen LogP contribution in [0.4, 0.5) is 5.69 Å². The Balaban J connectivity index is 1.69. The van der Waals surface area contributed by atoms with Crippen molar-refractivity contribution in [3.63, 3.8) is 0 Å². The van der Waals surface area contributed by atoms with Crippen molar-refractivity contribution in [3.05, 3.63) is 103 Å². The van der Waals surface area contributed by atoms with Gasteiger partial charge in [-0.2, -0.15) is 0 Å². The summed E-state index contributed by atoms with van der Waals surface area (Å²) in [6, 6.07) is 15.0. The van der Waals surface area contributed by atoms with E-state index in [1.807, 2.05) is 0 Å². The van der Waals surface area contributed by atoms with E-state index in [1.54, 1.807) is 6.07 Å². The molecular weight excluding hydrogens is 744 g/mol. The lowest BCUT2D eigenvalue weighted by Crippen LogP contribution is -2.16. The van der Waals surface area contributed by atoms with Crippen LogP contribution in [0.2, 0.25) is 25.1 Å². The number of rotatable bonds is 9. The molecule has 0 saturated heterocycles. The van der Waals surface area contributed by atoms with E-state index >= 15 is 0 Å². The number of nitrogens with one attached hydrogen (secondary N) is 1. The van der Waals surface area contributed by atoms with Crippen LogP contribution < -0.4 is 9.46 Å². The van der Waals surface area contributed by atoms with Gasteiger partial charge in [-0.05, 0) is 73.2 Å². The van der Waals surface area contributed by atoms with Gasteiger partial charge in [0.15, 0.2) is 5.75 Å². The number of fused-ring (bicyclic) bond motifs is 1. The first-order valence-electron chi connectivity index (χ1n) is 12.9. The van der Waals surface area contributed by atoms with Gasteiger partial charge in [-0.25, -0.2) is 25.8 Å². The second-order valence-corrected chi connectivity index (χ2v) is 15.1. The molecule has 1 aromatic heterocycles. The summed E-state index contributed by atoms with van der Waals surface area (Å²) in [6.07, 6.45) is -0.0435. The maximum absolute atomic E-state index is 13.9. The minimum Gasteiger partial charge on any atom is -0.469 e. The number of aryl methyl sites for hydroxylation is 1. The SMILES string of the molecule is COC(=O)Cc1ccc(Oc2ccc3c(nc(C)n3S(=O)(=O)c3ccc(Cl)cc3Cl)c2NS(=O)(=O)c2ccc(Cl)cc2Cl)c(Cl)c1. The van der Waals surface area contributed by atoms with Crippen molar-refractivity contribution >= 4 is 101 Å². The van der Waals surface area contributed by atoms with Crippen LogP contribution in [0.1, 0.15) is 11.4 Å². The van der Waals surface area contributed by atoms with E-state index in [2.05, 4.69) is 14.4 Å². The summed E-state index contributed by atoms with van der Waals surface area (Å²) in [6.45, 7) is 1.42. The van der Waals surface area contributed by atoms with Crippen LogP contribution in [-0.4, -0.2) is 38.9 Å². The first kappa shape index (κ1) is 34.1. The van der Waals surface area contributed by atoms with Gasteiger partial charge in [0.2, 0.25) is 0 Å². The molecule has 0 aliphatic carbocycles. The Labute approximate surface area is 288 Å². The molecule has 0 amide bonds. The molecular formula is C29H20Cl5N3O7S2. The minimum absolute atomic E-state index is 0.00436. The van der Waals surface area contributed by atoms with Crippen molar-refractivity contribution in [3.8, 4) is 11.5 Å². The highest BCUT2D eigenvalue weighted by molar-refractivity contribution is 7.93. The van der Waals surface area contributed by atoms with E-state index in [4.69, 9.17) is 62.7 Å². The molecule has 0 atom stereocenters. The van der Waals surface area contributed by atoms with Crippen LogP contribution in [0.15, 0.2) is 76.5 Å². The van der Waals surface area contributed by atoms with E-state index in [-0.39, 0.29) is 75.4 Å². The topological polar surface area (TPSA) is 134 Å². The van der Waals surface area contributed by atoms with Crippen LogP contribution in [0, 0.1) is 6.92 Å². The van der Waals surface area contributed by atoms with E-state index in [0.717, 1.165) is 3.97 Å². The Morgan fingerprint density at radius 1 is 0.804 bits per heavy atom. The molecule has 17 heteroatoms. The summed E-state index contributed by atoms with van der Waals surface area (Å²) < 4.78 is 69.1. The number of hydrogen-bond acceptors (Lipinski definition) is 8. The fourth-order valence-corrected chi connectivity index (χ4v) is 8.80. The molecule has 0 spiro atoms. The quantitative estimate of drug-likeness (QED) is 0.149. The lowest BCUT2D eigenvalue weighted by atomic mass is 10.1. The number of carbonyl (C=O) groups is 1. The van der Waals surface area contributed by atoms with Crippen molar-refractivity contribution in [2.24, 2.45) is 0 Å². The van der Waals surface area contributed by atoms with Crippen LogP contribution in [0.25, 0.3) is 11.0 Å². The van der Waals surface area contributed by atoms with Crippen molar-refractivity contribution in [2.75, 3.05) is 11.8 Å². The highest BCUT2D eigenvalue weighted by Gasteiger charge is 2.29. The van der Waals surface area contributed by atoms with Crippen LogP contribution in [0.3, 0.4) is 0 Å². The molecule has 240 valence electrons. The Morgan fingerprint density at radius 2 is 1.41 bits per heavy atom. The number of benzene rings is 4. The van der Waals surface area contributed by atoms with Crippen LogP contribution in [0.5, 0.6) is 11.5 Å². The monoisotopic (exact) mass is 761 g/mol. The molecule has 0 aliphatic rings. The summed E-state index contributed by atoms with van der Waals surface area (Å²) in [7, 11) is -7.55. The van der Waals surface area contributed by atoms with E-state index < -0.39 is 26.0 Å². The number of sulfonamides is 1. The number of hydrogen-bond donors (Lipinski definition) is 1. The molecule has 1 N–H and O–H groups in total. The number of nitrogens with zero attached hydrogens (tertiary/aromatic N) is 2. The van der Waals surface area contributed by atoms with E-state index in [9.17, 15) is 21.6 Å². The molecule has 46 heavy (non-hydrogen) atoms. The predicted octanol–water partition coefficient (Wildman–Crippen LogP) is 8.16. The molecule has 5 aromatic rings. The average molecular weight is 764 g/mol. The second kappa shape index (κ2) is 13.1. The summed E-state index contributed by atoms with van der Waals surface area (Å²) in [5.41, 5.74) is 0.224. The largest absolute Gasteiger partial charge is 0.469 e. The Kier molecular flexibility index (Phi) is 9.72. The number of methoxy groups -OCH3 is 1. The normalized spacial score (nSPS) is 11.9. The maximum atomic E-state index is 13.9. The molecule has 0 fully saturated rings. The van der Waals surface area contributed by atoms with Gasteiger partial charge in [-0.3, -0.25) is 9.52 Å². The fourth-order valence-electron chi connectivity index (χ4n) is 4.47. The minimum atomic E-state index is -4.44. The van der Waals surface area contributed by atoms with Gasteiger partial charge in [0.25, 0.3) is 20.0 Å². The highest BCUT2D eigenvalue weighted by atomic mass is 35.5. The molecule has 10 nitrogen and oxygen atoms in total. The van der Waals surface area contributed by atoms with Gasteiger partial charge in [0, 0.05) is 10.0 Å². The van der Waals surface area contributed by atoms with Crippen molar-refractivity contribution in [1.82, 2.24) is 8.96 Å². The summed E-state index contributed by atoms with van der Waals surface area (Å²) in [4.78, 5) is 15.6. The molecule has 0 aliphatic heterocycles. The number of halogens is 5. The maximum Gasteiger partial charge on any atom is 0.309 e. The summed E-state index contributed by atoms with van der Waals surface area (Å²) in [5.74, 6) is -0.492. The molecule has 5 rings (SSSR count). The van der Waals surface area contributed by atoms with E-state index in [1.165, 1.54) is 74.7 Å². The number of anilines is 1. The average Bonchev–Trinajstić information content (AvgIpc) is 3.32. The zero-order chi connectivity index (χ0) is 33.6. The van der Waals surface area contributed by atoms with Gasteiger partial charge in [0.05, 0.1) is 34.1 Å². The lowest BCUT2D eigenvalue weighted by Gasteiger charge is -2.16. The zero-order valence-electron chi connectivity index (χ0n) is 23.5. The third-order valence-corrected chi connectivity index (χ3v) is 11.4. The standard InChI is InChI=1S/C29H20Cl5N3O7S2/c1-15-35-28-22(37(15)46(41,42)26-10-5-18(31)14-21(26)34)6-8-24(44-23-7-3-16(11-19(23)32)12-27(38)43-2)29(28)36-45(39,40)25-9-4-17(30)13-20(25)33/h3-11,13-14,36H,12H2,1-2H3. The first-order chi connectivity index (χ1) is 21.6. The van der Waals surface area contributed by atoms with Crippen molar-refractivity contribution in [2.45, 2.75) is 23.1 Å². The molecule has 1 heterocycles. The first-order valence-corrected chi connectivity index (χ1v) is 17.7. The molecule has 0 saturated carbocycles. The van der Waals surface area contributed by atoms with Crippen molar-refractivity contribution < 1.29 is 31.1 Å². The third-order valence-electron chi connectivity index (χ3n) is 6.53. The van der Waals surface area contributed by atoms with Gasteiger partial charge in [-0.1, -0.05) is 64.1 Å². The number of esters is 1. The Bertz CT molecular complexity index is 2260. The third kappa shape index (κ3) is 6.75. The lowest BCUT2D eigenvalue weighted by molar-refractivity contribution is -0.139.